The van der Waals surface area contributed by atoms with Crippen molar-refractivity contribution in [2.75, 3.05) is 0 Å². The molecule has 0 aromatic heterocycles. The number of carbonyl (C=O) groups excluding carboxylic acids is 2. The summed E-state index contributed by atoms with van der Waals surface area (Å²) < 4.78 is 0. The van der Waals surface area contributed by atoms with E-state index in [9.17, 15) is 9.59 Å². The van der Waals surface area contributed by atoms with Gasteiger partial charge in [0.2, 0.25) is 0 Å². The summed E-state index contributed by atoms with van der Waals surface area (Å²) in [5.41, 5.74) is 0. The minimum absolute atomic E-state index is 0.320. The molecule has 2 nitrogen and oxygen atoms in total. The van der Waals surface area contributed by atoms with Gasteiger partial charge in [0.1, 0.15) is 11.6 Å². The van der Waals surface area contributed by atoms with E-state index in [0.29, 0.717) is 11.6 Å². The minimum atomic E-state index is 0.320. The topological polar surface area (TPSA) is 34.1 Å². The smallest absolute Gasteiger partial charge is 0.129 e. The molecule has 0 N–H and O–H groups in total. The number of unbranched alkanes of at least 4 members (excludes halogenated alkanes) is 9. The van der Waals surface area contributed by atoms with Crippen LogP contribution in [0.5, 0.6) is 0 Å². The van der Waals surface area contributed by atoms with Crippen molar-refractivity contribution in [3.8, 4) is 0 Å². The Morgan fingerprint density at radius 1 is 0.500 bits per heavy atom. The number of hydrogen-bond acceptors (Lipinski definition) is 2. The predicted octanol–water partition coefficient (Wildman–Crippen LogP) is 4.85. The number of rotatable bonds is 13. The van der Waals surface area contributed by atoms with Crippen LogP contribution in [0.3, 0.4) is 0 Å². The third kappa shape index (κ3) is 15.3. The van der Waals surface area contributed by atoms with Gasteiger partial charge in [-0.15, -0.1) is 0 Å². The zero-order valence-corrected chi connectivity index (χ0v) is 12.3. The maximum atomic E-state index is 10.7. The van der Waals surface area contributed by atoms with Gasteiger partial charge >= 0.3 is 0 Å². The van der Waals surface area contributed by atoms with Crippen LogP contribution in [0.25, 0.3) is 0 Å². The molecule has 0 fully saturated rings. The van der Waals surface area contributed by atoms with Crippen molar-refractivity contribution in [2.45, 2.75) is 90.9 Å². The molecule has 0 aromatic rings. The SMILES string of the molecule is CC(=O)CCCCCCCCCCCCC(C)=O. The molecule has 0 unspecified atom stereocenters. The molecule has 0 atom stereocenters. The summed E-state index contributed by atoms with van der Waals surface area (Å²) in [5, 5.41) is 0. The van der Waals surface area contributed by atoms with E-state index in [1.54, 1.807) is 13.8 Å². The third-order valence-corrected chi connectivity index (χ3v) is 3.31. The molecule has 0 amide bonds. The molecular formula is C16H30O2. The Balaban J connectivity index is 2.99. The van der Waals surface area contributed by atoms with E-state index in [1.807, 2.05) is 0 Å². The lowest BCUT2D eigenvalue weighted by Crippen LogP contribution is -1.90. The minimum Gasteiger partial charge on any atom is -0.300 e. The molecule has 0 saturated heterocycles. The van der Waals surface area contributed by atoms with Crippen LogP contribution in [-0.4, -0.2) is 11.6 Å². The molecule has 0 aliphatic rings. The number of Topliss-reactive ketones (excluding diaryl/α,β-unsaturated/α-hetero) is 2. The second-order valence-electron chi connectivity index (χ2n) is 5.44. The summed E-state index contributed by atoms with van der Waals surface area (Å²) in [7, 11) is 0. The zero-order valence-electron chi connectivity index (χ0n) is 12.3. The lowest BCUT2D eigenvalue weighted by atomic mass is 10.0. The molecule has 0 radical (unpaired) electrons. The van der Waals surface area contributed by atoms with Crippen LogP contribution in [0.4, 0.5) is 0 Å². The van der Waals surface area contributed by atoms with Crippen molar-refractivity contribution >= 4 is 11.6 Å². The molecule has 2 heteroatoms. The first kappa shape index (κ1) is 17.3. The molecule has 0 aliphatic carbocycles. The fraction of sp³-hybridized carbons (Fsp3) is 0.875. The van der Waals surface area contributed by atoms with E-state index < -0.39 is 0 Å². The zero-order chi connectivity index (χ0) is 13.6. The Morgan fingerprint density at radius 2 is 0.722 bits per heavy atom. The van der Waals surface area contributed by atoms with E-state index in [2.05, 4.69) is 0 Å². The first-order chi connectivity index (χ1) is 8.63. The summed E-state index contributed by atoms with van der Waals surface area (Å²) in [5.74, 6) is 0.640. The Kier molecular flexibility index (Phi) is 12.3. The van der Waals surface area contributed by atoms with Gasteiger partial charge in [-0.1, -0.05) is 51.4 Å². The van der Waals surface area contributed by atoms with Crippen molar-refractivity contribution in [3.05, 3.63) is 0 Å². The molecule has 18 heavy (non-hydrogen) atoms. The summed E-state index contributed by atoms with van der Waals surface area (Å²) in [6, 6.07) is 0. The van der Waals surface area contributed by atoms with E-state index in [0.717, 1.165) is 25.7 Å². The molecule has 0 aromatic carbocycles. The van der Waals surface area contributed by atoms with Gasteiger partial charge in [-0.3, -0.25) is 0 Å². The lowest BCUT2D eigenvalue weighted by molar-refractivity contribution is -0.118. The van der Waals surface area contributed by atoms with E-state index in [1.165, 1.54) is 51.4 Å². The Hall–Kier alpha value is -0.660. The highest BCUT2D eigenvalue weighted by atomic mass is 16.1. The molecule has 0 saturated carbocycles. The van der Waals surface area contributed by atoms with Crippen molar-refractivity contribution in [2.24, 2.45) is 0 Å². The van der Waals surface area contributed by atoms with Crippen LogP contribution in [0.15, 0.2) is 0 Å². The van der Waals surface area contributed by atoms with E-state index in [4.69, 9.17) is 0 Å². The average Bonchev–Trinajstić information content (AvgIpc) is 2.29. The normalized spacial score (nSPS) is 10.6. The number of ketones is 2. The average molecular weight is 254 g/mol. The summed E-state index contributed by atoms with van der Waals surface area (Å²) in [4.78, 5) is 21.5. The van der Waals surface area contributed by atoms with Crippen LogP contribution < -0.4 is 0 Å². The quantitative estimate of drug-likeness (QED) is 0.440. The van der Waals surface area contributed by atoms with Crippen LogP contribution in [0, 0.1) is 0 Å². The van der Waals surface area contributed by atoms with Gasteiger partial charge in [-0.2, -0.15) is 0 Å². The summed E-state index contributed by atoms with van der Waals surface area (Å²) in [6.07, 6.45) is 13.9. The predicted molar refractivity (Wildman–Crippen MR) is 76.8 cm³/mol. The number of hydrogen-bond donors (Lipinski definition) is 0. The molecular weight excluding hydrogens is 224 g/mol. The van der Waals surface area contributed by atoms with Gasteiger partial charge < -0.3 is 9.59 Å². The standard InChI is InChI=1S/C16H30O2/c1-15(17)13-11-9-7-5-3-4-6-8-10-12-14-16(2)18/h3-14H2,1-2H3. The van der Waals surface area contributed by atoms with Gasteiger partial charge in [-0.05, 0) is 26.7 Å². The first-order valence-corrected chi connectivity index (χ1v) is 7.62. The van der Waals surface area contributed by atoms with Gasteiger partial charge in [0, 0.05) is 12.8 Å². The van der Waals surface area contributed by atoms with Crippen molar-refractivity contribution in [3.63, 3.8) is 0 Å². The van der Waals surface area contributed by atoms with Crippen LogP contribution in [0.1, 0.15) is 90.9 Å². The van der Waals surface area contributed by atoms with Crippen LogP contribution in [-0.2, 0) is 9.59 Å². The van der Waals surface area contributed by atoms with Crippen LogP contribution >= 0.6 is 0 Å². The van der Waals surface area contributed by atoms with Gasteiger partial charge in [0.25, 0.3) is 0 Å². The van der Waals surface area contributed by atoms with E-state index in [-0.39, 0.29) is 0 Å². The summed E-state index contributed by atoms with van der Waals surface area (Å²) >= 11 is 0. The first-order valence-electron chi connectivity index (χ1n) is 7.62. The molecule has 0 bridgehead atoms. The van der Waals surface area contributed by atoms with Gasteiger partial charge in [0.05, 0.1) is 0 Å². The second-order valence-corrected chi connectivity index (χ2v) is 5.44. The second kappa shape index (κ2) is 12.8. The highest BCUT2D eigenvalue weighted by Crippen LogP contribution is 2.12. The highest BCUT2D eigenvalue weighted by molar-refractivity contribution is 5.75. The summed E-state index contributed by atoms with van der Waals surface area (Å²) in [6.45, 7) is 3.35. The Labute approximate surface area is 113 Å². The van der Waals surface area contributed by atoms with Crippen molar-refractivity contribution in [1.29, 1.82) is 0 Å². The fourth-order valence-corrected chi connectivity index (χ4v) is 2.16. The largest absolute Gasteiger partial charge is 0.300 e. The van der Waals surface area contributed by atoms with Crippen molar-refractivity contribution in [1.82, 2.24) is 0 Å². The fourth-order valence-electron chi connectivity index (χ4n) is 2.16. The molecule has 0 heterocycles. The maximum Gasteiger partial charge on any atom is 0.129 e. The highest BCUT2D eigenvalue weighted by Gasteiger charge is 1.96. The van der Waals surface area contributed by atoms with Gasteiger partial charge in [0.15, 0.2) is 0 Å². The van der Waals surface area contributed by atoms with Gasteiger partial charge in [-0.25, -0.2) is 0 Å². The monoisotopic (exact) mass is 254 g/mol. The molecule has 0 rings (SSSR count). The lowest BCUT2D eigenvalue weighted by Gasteiger charge is -2.02. The third-order valence-electron chi connectivity index (χ3n) is 3.31. The number of carbonyl (C=O) groups is 2. The molecule has 106 valence electrons. The Bertz CT molecular complexity index is 197. The Morgan fingerprint density at radius 3 is 0.944 bits per heavy atom. The van der Waals surface area contributed by atoms with Crippen LogP contribution in [0.2, 0.25) is 0 Å². The van der Waals surface area contributed by atoms with E-state index >= 15 is 0 Å². The maximum absolute atomic E-state index is 10.7. The molecule has 0 spiro atoms. The van der Waals surface area contributed by atoms with Crippen molar-refractivity contribution < 1.29 is 9.59 Å². The molecule has 0 aliphatic heterocycles.